The van der Waals surface area contributed by atoms with Gasteiger partial charge in [0.15, 0.2) is 6.61 Å². The second-order valence-electron chi connectivity index (χ2n) is 6.35. The van der Waals surface area contributed by atoms with Gasteiger partial charge >= 0.3 is 5.97 Å². The number of carbonyl (C=O) groups is 3. The number of rotatable bonds is 6. The van der Waals surface area contributed by atoms with Gasteiger partial charge in [0, 0.05) is 19.6 Å². The number of nitrogens with zero attached hydrogens (tertiary/aromatic N) is 2. The summed E-state index contributed by atoms with van der Waals surface area (Å²) in [5.74, 6) is -1.36. The number of carbonyl (C=O) groups excluding carboxylic acids is 3. The van der Waals surface area contributed by atoms with E-state index in [1.807, 2.05) is 20.8 Å². The lowest BCUT2D eigenvalue weighted by molar-refractivity contribution is -0.137. The monoisotopic (exact) mass is 356 g/mol. The van der Waals surface area contributed by atoms with Crippen LogP contribution >= 0.6 is 11.5 Å². The minimum Gasteiger partial charge on any atom is -0.452 e. The lowest BCUT2D eigenvalue weighted by Crippen LogP contribution is -2.46. The summed E-state index contributed by atoms with van der Waals surface area (Å²) >= 11 is 1.15. The maximum atomic E-state index is 12.1. The molecule has 9 heteroatoms. The summed E-state index contributed by atoms with van der Waals surface area (Å²) < 4.78 is 9.11. The Balaban J connectivity index is 2.54. The molecule has 1 aromatic rings. The van der Waals surface area contributed by atoms with Crippen molar-refractivity contribution in [2.75, 3.05) is 32.6 Å². The van der Waals surface area contributed by atoms with Crippen molar-refractivity contribution in [1.82, 2.24) is 14.6 Å². The van der Waals surface area contributed by atoms with Crippen molar-refractivity contribution in [3.8, 4) is 0 Å². The lowest BCUT2D eigenvalue weighted by Gasteiger charge is -2.23. The number of anilines is 1. The van der Waals surface area contributed by atoms with Crippen LogP contribution in [0.25, 0.3) is 0 Å². The molecule has 0 spiro atoms. The largest absolute Gasteiger partial charge is 0.452 e. The molecule has 1 aromatic heterocycles. The minimum absolute atomic E-state index is 0.103. The molecular weight excluding hydrogens is 332 g/mol. The van der Waals surface area contributed by atoms with Crippen LogP contribution in [0.5, 0.6) is 0 Å². The van der Waals surface area contributed by atoms with Gasteiger partial charge in [-0.1, -0.05) is 0 Å². The molecule has 0 aliphatic carbocycles. The summed E-state index contributed by atoms with van der Waals surface area (Å²) in [4.78, 5) is 37.1. The molecule has 0 bridgehead atoms. The number of hydrogen-bond donors (Lipinski definition) is 2. The average Bonchev–Trinajstić information content (AvgIpc) is 2.83. The molecule has 0 saturated heterocycles. The summed E-state index contributed by atoms with van der Waals surface area (Å²) in [6, 6.07) is 0. The van der Waals surface area contributed by atoms with Crippen molar-refractivity contribution in [2.24, 2.45) is 0 Å². The molecule has 0 aliphatic heterocycles. The Morgan fingerprint density at radius 1 is 1.29 bits per heavy atom. The highest BCUT2D eigenvalue weighted by Gasteiger charge is 2.22. The maximum Gasteiger partial charge on any atom is 0.343 e. The first-order valence-electron chi connectivity index (χ1n) is 7.41. The number of ether oxygens (including phenoxy) is 1. The number of likely N-dealkylation sites (N-methyl/N-ethyl adjacent to an activating group) is 1. The summed E-state index contributed by atoms with van der Waals surface area (Å²) in [5, 5.41) is 6.21. The number of aryl methyl sites for hydroxylation is 1. The highest BCUT2D eigenvalue weighted by atomic mass is 32.1. The zero-order valence-electron chi connectivity index (χ0n) is 14.8. The van der Waals surface area contributed by atoms with Crippen LogP contribution in [-0.4, -0.2) is 59.8 Å². The van der Waals surface area contributed by atoms with Gasteiger partial charge in [-0.3, -0.25) is 9.59 Å². The van der Waals surface area contributed by atoms with Crippen LogP contribution in [0.15, 0.2) is 0 Å². The van der Waals surface area contributed by atoms with Crippen LogP contribution in [0.2, 0.25) is 0 Å². The molecule has 2 N–H and O–H groups in total. The van der Waals surface area contributed by atoms with Gasteiger partial charge in [-0.25, -0.2) is 4.79 Å². The molecule has 24 heavy (non-hydrogen) atoms. The third-order valence-corrected chi connectivity index (χ3v) is 3.90. The van der Waals surface area contributed by atoms with Crippen LogP contribution < -0.4 is 10.6 Å². The van der Waals surface area contributed by atoms with Crippen LogP contribution in [-0.2, 0) is 14.3 Å². The van der Waals surface area contributed by atoms with Gasteiger partial charge in [0.2, 0.25) is 5.91 Å². The lowest BCUT2D eigenvalue weighted by atomic mass is 10.1. The fourth-order valence-electron chi connectivity index (χ4n) is 1.85. The van der Waals surface area contributed by atoms with Gasteiger partial charge in [0.05, 0.1) is 12.2 Å². The second-order valence-corrected chi connectivity index (χ2v) is 7.12. The second kappa shape index (κ2) is 8.09. The number of esters is 1. The van der Waals surface area contributed by atoms with E-state index in [0.717, 1.165) is 11.5 Å². The third-order valence-electron chi connectivity index (χ3n) is 2.94. The Morgan fingerprint density at radius 3 is 2.46 bits per heavy atom. The first-order chi connectivity index (χ1) is 11.0. The smallest absolute Gasteiger partial charge is 0.343 e. The van der Waals surface area contributed by atoms with E-state index in [9.17, 15) is 14.4 Å². The highest BCUT2D eigenvalue weighted by Crippen LogP contribution is 2.24. The predicted octanol–water partition coefficient (Wildman–Crippen LogP) is 1.02. The van der Waals surface area contributed by atoms with Crippen LogP contribution in [0.3, 0.4) is 0 Å². The van der Waals surface area contributed by atoms with E-state index in [4.69, 9.17) is 4.74 Å². The van der Waals surface area contributed by atoms with Crippen molar-refractivity contribution < 1.29 is 19.1 Å². The van der Waals surface area contributed by atoms with Gasteiger partial charge in [-0.15, -0.1) is 0 Å². The number of amides is 2. The summed E-state index contributed by atoms with van der Waals surface area (Å²) in [7, 11) is 3.16. The van der Waals surface area contributed by atoms with Crippen molar-refractivity contribution >= 4 is 34.3 Å². The van der Waals surface area contributed by atoms with E-state index < -0.39 is 18.5 Å². The zero-order valence-corrected chi connectivity index (χ0v) is 15.7. The van der Waals surface area contributed by atoms with Crippen molar-refractivity contribution in [3.63, 3.8) is 0 Å². The van der Waals surface area contributed by atoms with E-state index in [-0.39, 0.29) is 18.0 Å². The van der Waals surface area contributed by atoms with Crippen molar-refractivity contribution in [2.45, 2.75) is 33.2 Å². The molecule has 0 radical (unpaired) electrons. The Kier molecular flexibility index (Phi) is 6.70. The first kappa shape index (κ1) is 19.9. The Bertz CT molecular complexity index is 621. The number of nitrogens with one attached hydrogen (secondary N) is 2. The molecular formula is C15H24N4O4S. The topological polar surface area (TPSA) is 101 Å². The van der Waals surface area contributed by atoms with Crippen LogP contribution in [0, 0.1) is 6.92 Å². The molecule has 0 unspecified atom stereocenters. The molecule has 134 valence electrons. The molecule has 1 heterocycles. The van der Waals surface area contributed by atoms with Gasteiger partial charge in [0.1, 0.15) is 10.6 Å². The van der Waals surface area contributed by atoms with E-state index in [1.54, 1.807) is 14.0 Å². The van der Waals surface area contributed by atoms with Gasteiger partial charge in [-0.2, -0.15) is 4.37 Å². The van der Waals surface area contributed by atoms with Crippen molar-refractivity contribution in [3.05, 3.63) is 11.3 Å². The Hall–Kier alpha value is -2.16. The van der Waals surface area contributed by atoms with E-state index in [2.05, 4.69) is 15.0 Å². The zero-order chi connectivity index (χ0) is 18.5. The summed E-state index contributed by atoms with van der Waals surface area (Å²) in [5.41, 5.74) is 0.489. The van der Waals surface area contributed by atoms with Gasteiger partial charge < -0.3 is 20.3 Å². The highest BCUT2D eigenvalue weighted by molar-refractivity contribution is 7.10. The summed E-state index contributed by atoms with van der Waals surface area (Å²) in [6.07, 6.45) is 0. The molecule has 0 saturated carbocycles. The van der Waals surface area contributed by atoms with E-state index >= 15 is 0 Å². The van der Waals surface area contributed by atoms with Gasteiger partial charge in [0.25, 0.3) is 5.91 Å². The fourth-order valence-corrected chi connectivity index (χ4v) is 2.58. The predicted molar refractivity (Wildman–Crippen MR) is 92.2 cm³/mol. The van der Waals surface area contributed by atoms with E-state index in [1.165, 1.54) is 11.9 Å². The summed E-state index contributed by atoms with van der Waals surface area (Å²) in [6.45, 7) is 6.71. The third kappa shape index (κ3) is 5.80. The average molecular weight is 356 g/mol. The number of aromatic nitrogens is 1. The molecule has 0 aliphatic rings. The normalized spacial score (nSPS) is 10.9. The van der Waals surface area contributed by atoms with Crippen LogP contribution in [0.4, 0.5) is 5.00 Å². The molecule has 8 nitrogen and oxygen atoms in total. The Labute approximate surface area is 145 Å². The van der Waals surface area contributed by atoms with Gasteiger partial charge in [-0.05, 0) is 39.2 Å². The fraction of sp³-hybridized carbons (Fsp3) is 0.600. The first-order valence-corrected chi connectivity index (χ1v) is 8.18. The standard InChI is InChI=1S/C15H24N4O4S/c1-9-12(13(16-5)24-18-9)14(22)23-8-11(21)19(6)7-10(20)17-15(2,3)4/h16H,7-8H2,1-6H3,(H,17,20). The SMILES string of the molecule is CNc1snc(C)c1C(=O)OCC(=O)N(C)CC(=O)NC(C)(C)C. The number of hydrogen-bond acceptors (Lipinski definition) is 7. The van der Waals surface area contributed by atoms with E-state index in [0.29, 0.717) is 16.3 Å². The Morgan fingerprint density at radius 2 is 1.92 bits per heavy atom. The maximum absolute atomic E-state index is 12.1. The minimum atomic E-state index is -0.619. The van der Waals surface area contributed by atoms with Crippen LogP contribution in [0.1, 0.15) is 36.8 Å². The molecule has 0 aromatic carbocycles. The molecule has 0 atom stereocenters. The molecule has 1 rings (SSSR count). The van der Waals surface area contributed by atoms with Crippen molar-refractivity contribution in [1.29, 1.82) is 0 Å². The molecule has 2 amide bonds. The quantitative estimate of drug-likeness (QED) is 0.738. The molecule has 0 fully saturated rings.